The van der Waals surface area contributed by atoms with Crippen LogP contribution in [0.15, 0.2) is 34.8 Å². The van der Waals surface area contributed by atoms with Crippen LogP contribution in [-0.2, 0) is 6.18 Å². The molecule has 0 spiro atoms. The highest BCUT2D eigenvalue weighted by Gasteiger charge is 2.30. The summed E-state index contributed by atoms with van der Waals surface area (Å²) in [6.07, 6.45) is -3.14. The van der Waals surface area contributed by atoms with E-state index in [0.717, 1.165) is 22.2 Å². The summed E-state index contributed by atoms with van der Waals surface area (Å²) in [5.41, 5.74) is 0.0986. The van der Waals surface area contributed by atoms with Crippen molar-refractivity contribution in [3.63, 3.8) is 0 Å². The lowest BCUT2D eigenvalue weighted by Crippen LogP contribution is -2.13. The molecule has 0 aliphatic rings. The minimum Gasteiger partial charge on any atom is -0.296 e. The van der Waals surface area contributed by atoms with E-state index in [1.807, 2.05) is 6.92 Å². The summed E-state index contributed by atoms with van der Waals surface area (Å²) in [6.45, 7) is 3.59. The minimum atomic E-state index is -4.46. The van der Waals surface area contributed by atoms with Gasteiger partial charge in [-0.1, -0.05) is 36.1 Å². The number of nitrogens with zero attached hydrogens (tertiary/aromatic N) is 4. The predicted molar refractivity (Wildman–Crippen MR) is 97.6 cm³/mol. The smallest absolute Gasteiger partial charge is 0.296 e. The highest BCUT2D eigenvalue weighted by Crippen LogP contribution is 2.31. The molecule has 1 amide bonds. The highest BCUT2D eigenvalue weighted by atomic mass is 32.2. The number of hydrogen-bond acceptors (Lipinski definition) is 6. The second-order valence-electron chi connectivity index (χ2n) is 5.36. The molecule has 0 fully saturated rings. The van der Waals surface area contributed by atoms with Gasteiger partial charge in [0.1, 0.15) is 0 Å². The van der Waals surface area contributed by atoms with Gasteiger partial charge in [0.05, 0.1) is 28.7 Å². The standard InChI is InChI=1S/C16H14F3N5OS2/c1-3-26-15-23-22-14(27-15)21-13(25)12-8-20-24(9(12)2)11-6-4-5-10(7-11)16(17,18)19/h4-8H,3H2,1-2H3,(H,21,22,25). The monoisotopic (exact) mass is 413 g/mol. The van der Waals surface area contributed by atoms with Crippen LogP contribution in [0.25, 0.3) is 5.69 Å². The van der Waals surface area contributed by atoms with Crippen LogP contribution < -0.4 is 5.32 Å². The number of anilines is 1. The SMILES string of the molecule is CCSc1nnc(NC(=O)c2cnn(-c3cccc(C(F)(F)F)c3)c2C)s1. The van der Waals surface area contributed by atoms with E-state index in [9.17, 15) is 18.0 Å². The van der Waals surface area contributed by atoms with Crippen molar-refractivity contribution in [2.45, 2.75) is 24.4 Å². The number of carbonyl (C=O) groups is 1. The van der Waals surface area contributed by atoms with E-state index in [1.54, 1.807) is 6.92 Å². The third kappa shape index (κ3) is 4.30. The van der Waals surface area contributed by atoms with Gasteiger partial charge in [-0.25, -0.2) is 4.68 Å². The zero-order valence-electron chi connectivity index (χ0n) is 14.2. The molecule has 27 heavy (non-hydrogen) atoms. The second-order valence-corrected chi connectivity index (χ2v) is 7.85. The Morgan fingerprint density at radius 3 is 2.81 bits per heavy atom. The van der Waals surface area contributed by atoms with Crippen molar-refractivity contribution in [3.8, 4) is 5.69 Å². The molecule has 0 saturated heterocycles. The summed E-state index contributed by atoms with van der Waals surface area (Å²) < 4.78 is 40.8. The molecule has 2 heterocycles. The van der Waals surface area contributed by atoms with Crippen molar-refractivity contribution < 1.29 is 18.0 Å². The summed E-state index contributed by atoms with van der Waals surface area (Å²) in [5, 5.41) is 14.9. The quantitative estimate of drug-likeness (QED) is 0.495. The molecule has 0 bridgehead atoms. The third-order valence-corrected chi connectivity index (χ3v) is 5.42. The number of hydrogen-bond donors (Lipinski definition) is 1. The molecule has 0 aliphatic heterocycles. The lowest BCUT2D eigenvalue weighted by atomic mass is 10.2. The Morgan fingerprint density at radius 2 is 2.11 bits per heavy atom. The zero-order chi connectivity index (χ0) is 19.6. The number of rotatable bonds is 5. The molecule has 6 nitrogen and oxygen atoms in total. The fourth-order valence-corrected chi connectivity index (χ4v) is 3.96. The molecule has 11 heteroatoms. The van der Waals surface area contributed by atoms with Gasteiger partial charge >= 0.3 is 6.18 Å². The van der Waals surface area contributed by atoms with E-state index in [0.29, 0.717) is 10.8 Å². The summed E-state index contributed by atoms with van der Waals surface area (Å²) in [5.74, 6) is 0.390. The molecule has 142 valence electrons. The summed E-state index contributed by atoms with van der Waals surface area (Å²) in [6, 6.07) is 4.76. The highest BCUT2D eigenvalue weighted by molar-refractivity contribution is 8.01. The van der Waals surface area contributed by atoms with E-state index in [1.165, 1.54) is 46.1 Å². The summed E-state index contributed by atoms with van der Waals surface area (Å²) >= 11 is 2.76. The number of amides is 1. The van der Waals surface area contributed by atoms with Gasteiger partial charge in [-0.2, -0.15) is 18.3 Å². The Labute approximate surface area is 160 Å². The molecule has 0 atom stereocenters. The van der Waals surface area contributed by atoms with Crippen LogP contribution in [0, 0.1) is 6.92 Å². The lowest BCUT2D eigenvalue weighted by molar-refractivity contribution is -0.137. The molecule has 0 aliphatic carbocycles. The summed E-state index contributed by atoms with van der Waals surface area (Å²) in [4.78, 5) is 12.5. The van der Waals surface area contributed by atoms with Crippen LogP contribution in [0.2, 0.25) is 0 Å². The van der Waals surface area contributed by atoms with Crippen molar-refractivity contribution in [2.75, 3.05) is 11.1 Å². The number of thioether (sulfide) groups is 1. The van der Waals surface area contributed by atoms with Gasteiger partial charge in [0.2, 0.25) is 5.13 Å². The predicted octanol–water partition coefficient (Wildman–Crippen LogP) is 4.42. The second kappa shape index (κ2) is 7.69. The lowest BCUT2D eigenvalue weighted by Gasteiger charge is -2.10. The van der Waals surface area contributed by atoms with Crippen LogP contribution in [0.1, 0.15) is 28.5 Å². The maximum Gasteiger partial charge on any atom is 0.416 e. The molecule has 0 radical (unpaired) electrons. The van der Waals surface area contributed by atoms with Crippen LogP contribution in [0.3, 0.4) is 0 Å². The number of halogens is 3. The van der Waals surface area contributed by atoms with E-state index < -0.39 is 17.6 Å². The Hall–Kier alpha value is -2.40. The molecular formula is C16H14F3N5OS2. The normalized spacial score (nSPS) is 11.6. The Kier molecular flexibility index (Phi) is 5.51. The Balaban J connectivity index is 1.83. The number of carbonyl (C=O) groups excluding carboxylic acids is 1. The van der Waals surface area contributed by atoms with Gasteiger partial charge in [0, 0.05) is 0 Å². The number of benzene rings is 1. The van der Waals surface area contributed by atoms with Crippen LogP contribution in [-0.4, -0.2) is 31.6 Å². The van der Waals surface area contributed by atoms with Crippen LogP contribution in [0.5, 0.6) is 0 Å². The topological polar surface area (TPSA) is 72.7 Å². The third-order valence-electron chi connectivity index (χ3n) is 3.57. The van der Waals surface area contributed by atoms with Crippen molar-refractivity contribution in [2.24, 2.45) is 0 Å². The van der Waals surface area contributed by atoms with Gasteiger partial charge < -0.3 is 0 Å². The fourth-order valence-electron chi connectivity index (χ4n) is 2.31. The first-order valence-electron chi connectivity index (χ1n) is 7.79. The minimum absolute atomic E-state index is 0.221. The van der Waals surface area contributed by atoms with Gasteiger partial charge in [-0.05, 0) is 30.9 Å². The molecule has 1 N–H and O–H groups in total. The fraction of sp³-hybridized carbons (Fsp3) is 0.250. The number of nitrogens with one attached hydrogen (secondary N) is 1. The maximum absolute atomic E-state index is 12.9. The largest absolute Gasteiger partial charge is 0.416 e. The number of aromatic nitrogens is 4. The van der Waals surface area contributed by atoms with Gasteiger partial charge in [-0.3, -0.25) is 10.1 Å². The van der Waals surface area contributed by atoms with Crippen molar-refractivity contribution in [1.29, 1.82) is 0 Å². The van der Waals surface area contributed by atoms with Crippen LogP contribution in [0.4, 0.5) is 18.3 Å². The van der Waals surface area contributed by atoms with Gasteiger partial charge in [0.25, 0.3) is 5.91 Å². The molecule has 3 aromatic rings. The molecule has 2 aromatic heterocycles. The number of alkyl halides is 3. The molecule has 1 aromatic carbocycles. The molecular weight excluding hydrogens is 399 g/mol. The first-order chi connectivity index (χ1) is 12.8. The maximum atomic E-state index is 12.9. The van der Waals surface area contributed by atoms with Crippen molar-refractivity contribution >= 4 is 34.1 Å². The first kappa shape index (κ1) is 19.4. The van der Waals surface area contributed by atoms with E-state index >= 15 is 0 Å². The van der Waals surface area contributed by atoms with E-state index in [-0.39, 0.29) is 11.3 Å². The van der Waals surface area contributed by atoms with Gasteiger partial charge in [-0.15, -0.1) is 10.2 Å². The summed E-state index contributed by atoms with van der Waals surface area (Å²) in [7, 11) is 0. The van der Waals surface area contributed by atoms with E-state index in [2.05, 4.69) is 20.6 Å². The Bertz CT molecular complexity index is 967. The molecule has 0 unspecified atom stereocenters. The van der Waals surface area contributed by atoms with Crippen molar-refractivity contribution in [3.05, 3.63) is 47.3 Å². The van der Waals surface area contributed by atoms with Crippen molar-refractivity contribution in [1.82, 2.24) is 20.0 Å². The average molecular weight is 413 g/mol. The molecule has 3 rings (SSSR count). The Morgan fingerprint density at radius 1 is 1.33 bits per heavy atom. The van der Waals surface area contributed by atoms with E-state index in [4.69, 9.17) is 0 Å². The zero-order valence-corrected chi connectivity index (χ0v) is 15.9. The van der Waals surface area contributed by atoms with Gasteiger partial charge in [0.15, 0.2) is 4.34 Å². The van der Waals surface area contributed by atoms with Crippen LogP contribution >= 0.6 is 23.1 Å². The first-order valence-corrected chi connectivity index (χ1v) is 9.59. The molecule has 0 saturated carbocycles. The average Bonchev–Trinajstić information content (AvgIpc) is 3.21.